The molecule has 0 fully saturated rings. The number of amides is 1. The van der Waals surface area contributed by atoms with Crippen molar-refractivity contribution >= 4 is 22.5 Å². The van der Waals surface area contributed by atoms with E-state index in [0.29, 0.717) is 5.69 Å². The number of aromatic nitrogens is 1. The number of aryl methyl sites for hydroxylation is 2. The molecular weight excluding hydrogens is 248 g/mol. The Morgan fingerprint density at radius 3 is 2.60 bits per heavy atom. The Kier molecular flexibility index (Phi) is 3.03. The largest absolute Gasteiger partial charge is 0.351 e. The van der Waals surface area contributed by atoms with Crippen molar-refractivity contribution in [1.29, 1.82) is 0 Å². The standard InChI is InChI=1S/C17H16N2O/c1-11-7-8-14(12(2)9-11)19-17(20)16-10-13-5-3-4-6-15(13)18-16/h3-10,18H,1-2H3,(H,19,20). The molecule has 0 aliphatic heterocycles. The third kappa shape index (κ3) is 2.30. The fourth-order valence-electron chi connectivity index (χ4n) is 2.34. The van der Waals surface area contributed by atoms with Gasteiger partial charge in [-0.3, -0.25) is 4.79 Å². The summed E-state index contributed by atoms with van der Waals surface area (Å²) in [6.45, 7) is 4.03. The lowest BCUT2D eigenvalue weighted by molar-refractivity contribution is 0.102. The second kappa shape index (κ2) is 4.85. The molecule has 1 heterocycles. The molecule has 2 aromatic carbocycles. The van der Waals surface area contributed by atoms with Gasteiger partial charge in [-0.25, -0.2) is 0 Å². The Hall–Kier alpha value is -2.55. The zero-order valence-corrected chi connectivity index (χ0v) is 11.5. The minimum absolute atomic E-state index is 0.117. The maximum absolute atomic E-state index is 12.3. The Morgan fingerprint density at radius 1 is 1.05 bits per heavy atom. The molecule has 0 aliphatic carbocycles. The van der Waals surface area contributed by atoms with Gasteiger partial charge in [0, 0.05) is 16.6 Å². The molecule has 2 N–H and O–H groups in total. The van der Waals surface area contributed by atoms with Crippen molar-refractivity contribution in [3.63, 3.8) is 0 Å². The molecule has 1 aromatic heterocycles. The Labute approximate surface area is 117 Å². The first kappa shape index (κ1) is 12.5. The first-order valence-corrected chi connectivity index (χ1v) is 6.60. The van der Waals surface area contributed by atoms with Crippen molar-refractivity contribution in [2.75, 3.05) is 5.32 Å². The third-order valence-electron chi connectivity index (χ3n) is 3.40. The minimum atomic E-state index is -0.117. The van der Waals surface area contributed by atoms with E-state index in [2.05, 4.69) is 16.4 Å². The molecule has 0 atom stereocenters. The van der Waals surface area contributed by atoms with E-state index in [1.54, 1.807) is 0 Å². The number of rotatable bonds is 2. The number of H-pyrrole nitrogens is 1. The van der Waals surface area contributed by atoms with E-state index in [1.807, 2.05) is 56.3 Å². The summed E-state index contributed by atoms with van der Waals surface area (Å²) in [7, 11) is 0. The molecule has 100 valence electrons. The van der Waals surface area contributed by atoms with Gasteiger partial charge in [-0.2, -0.15) is 0 Å². The molecule has 3 nitrogen and oxygen atoms in total. The lowest BCUT2D eigenvalue weighted by Gasteiger charge is -2.08. The SMILES string of the molecule is Cc1ccc(NC(=O)c2cc3ccccc3[nH]2)c(C)c1. The summed E-state index contributed by atoms with van der Waals surface area (Å²) in [5.41, 5.74) is 4.64. The van der Waals surface area contributed by atoms with Crippen LogP contribution in [0.1, 0.15) is 21.6 Å². The quantitative estimate of drug-likeness (QED) is 0.721. The van der Waals surface area contributed by atoms with Crippen LogP contribution in [0.4, 0.5) is 5.69 Å². The summed E-state index contributed by atoms with van der Waals surface area (Å²) in [6, 6.07) is 15.7. The second-order valence-corrected chi connectivity index (χ2v) is 5.04. The van der Waals surface area contributed by atoms with Crippen LogP contribution in [0.25, 0.3) is 10.9 Å². The van der Waals surface area contributed by atoms with Crippen molar-refractivity contribution in [3.05, 3.63) is 65.4 Å². The molecule has 0 spiro atoms. The van der Waals surface area contributed by atoms with E-state index in [1.165, 1.54) is 5.56 Å². The zero-order valence-electron chi connectivity index (χ0n) is 11.5. The van der Waals surface area contributed by atoms with Crippen molar-refractivity contribution < 1.29 is 4.79 Å². The van der Waals surface area contributed by atoms with Gasteiger partial charge in [-0.05, 0) is 37.6 Å². The first-order valence-electron chi connectivity index (χ1n) is 6.60. The summed E-state index contributed by atoms with van der Waals surface area (Å²) < 4.78 is 0. The monoisotopic (exact) mass is 264 g/mol. The number of aromatic amines is 1. The molecule has 0 saturated heterocycles. The highest BCUT2D eigenvalue weighted by Crippen LogP contribution is 2.19. The molecule has 20 heavy (non-hydrogen) atoms. The van der Waals surface area contributed by atoms with Gasteiger partial charge in [-0.15, -0.1) is 0 Å². The van der Waals surface area contributed by atoms with Crippen LogP contribution in [-0.4, -0.2) is 10.9 Å². The average molecular weight is 264 g/mol. The number of para-hydroxylation sites is 1. The molecule has 0 bridgehead atoms. The molecule has 0 saturated carbocycles. The predicted octanol–water partition coefficient (Wildman–Crippen LogP) is 4.04. The molecule has 3 rings (SSSR count). The Bertz CT molecular complexity index is 754. The van der Waals surface area contributed by atoms with Crippen LogP contribution in [0.3, 0.4) is 0 Å². The smallest absolute Gasteiger partial charge is 0.272 e. The predicted molar refractivity (Wildman–Crippen MR) is 82.2 cm³/mol. The van der Waals surface area contributed by atoms with Crippen molar-refractivity contribution in [2.45, 2.75) is 13.8 Å². The molecule has 3 aromatic rings. The topological polar surface area (TPSA) is 44.9 Å². The number of carbonyl (C=O) groups excluding carboxylic acids is 1. The van der Waals surface area contributed by atoms with Gasteiger partial charge in [0.05, 0.1) is 0 Å². The number of benzene rings is 2. The van der Waals surface area contributed by atoms with E-state index in [-0.39, 0.29) is 5.91 Å². The molecular formula is C17H16N2O. The summed E-state index contributed by atoms with van der Waals surface area (Å²) in [4.78, 5) is 15.4. The van der Waals surface area contributed by atoms with Gasteiger partial charge >= 0.3 is 0 Å². The minimum Gasteiger partial charge on any atom is -0.351 e. The maximum atomic E-state index is 12.3. The number of fused-ring (bicyclic) bond motifs is 1. The van der Waals surface area contributed by atoms with Gasteiger partial charge in [0.2, 0.25) is 0 Å². The van der Waals surface area contributed by atoms with Crippen LogP contribution in [0.5, 0.6) is 0 Å². The van der Waals surface area contributed by atoms with E-state index < -0.39 is 0 Å². The van der Waals surface area contributed by atoms with E-state index >= 15 is 0 Å². The highest BCUT2D eigenvalue weighted by atomic mass is 16.1. The van der Waals surface area contributed by atoms with Crippen LogP contribution in [0.15, 0.2) is 48.5 Å². The summed E-state index contributed by atoms with van der Waals surface area (Å²) in [5.74, 6) is -0.117. The lowest BCUT2D eigenvalue weighted by Crippen LogP contribution is -2.13. The van der Waals surface area contributed by atoms with E-state index in [9.17, 15) is 4.79 Å². The fourth-order valence-corrected chi connectivity index (χ4v) is 2.34. The molecule has 0 radical (unpaired) electrons. The second-order valence-electron chi connectivity index (χ2n) is 5.04. The lowest BCUT2D eigenvalue weighted by atomic mass is 10.1. The third-order valence-corrected chi connectivity index (χ3v) is 3.40. The van der Waals surface area contributed by atoms with Crippen LogP contribution in [-0.2, 0) is 0 Å². The Balaban J connectivity index is 1.89. The Morgan fingerprint density at radius 2 is 1.85 bits per heavy atom. The number of anilines is 1. The normalized spacial score (nSPS) is 10.7. The first-order chi connectivity index (χ1) is 9.63. The average Bonchev–Trinajstić information content (AvgIpc) is 2.86. The molecule has 0 unspecified atom stereocenters. The fraction of sp³-hybridized carbons (Fsp3) is 0.118. The highest BCUT2D eigenvalue weighted by molar-refractivity contribution is 6.06. The van der Waals surface area contributed by atoms with Gasteiger partial charge in [0.25, 0.3) is 5.91 Å². The number of hydrogen-bond acceptors (Lipinski definition) is 1. The van der Waals surface area contributed by atoms with Crippen molar-refractivity contribution in [3.8, 4) is 0 Å². The van der Waals surface area contributed by atoms with E-state index in [4.69, 9.17) is 0 Å². The number of hydrogen-bond donors (Lipinski definition) is 2. The summed E-state index contributed by atoms with van der Waals surface area (Å²) in [6.07, 6.45) is 0. The van der Waals surface area contributed by atoms with Gasteiger partial charge in [0.1, 0.15) is 5.69 Å². The van der Waals surface area contributed by atoms with Crippen LogP contribution in [0, 0.1) is 13.8 Å². The summed E-state index contributed by atoms with van der Waals surface area (Å²) in [5, 5.41) is 3.98. The molecule has 3 heteroatoms. The molecule has 1 amide bonds. The zero-order chi connectivity index (χ0) is 14.1. The van der Waals surface area contributed by atoms with Gasteiger partial charge < -0.3 is 10.3 Å². The van der Waals surface area contributed by atoms with Crippen molar-refractivity contribution in [2.24, 2.45) is 0 Å². The van der Waals surface area contributed by atoms with Crippen LogP contribution in [0.2, 0.25) is 0 Å². The van der Waals surface area contributed by atoms with Gasteiger partial charge in [0.15, 0.2) is 0 Å². The van der Waals surface area contributed by atoms with Crippen molar-refractivity contribution in [1.82, 2.24) is 4.98 Å². The van der Waals surface area contributed by atoms with Crippen LogP contribution >= 0.6 is 0 Å². The number of nitrogens with one attached hydrogen (secondary N) is 2. The molecule has 0 aliphatic rings. The van der Waals surface area contributed by atoms with Crippen LogP contribution < -0.4 is 5.32 Å². The summed E-state index contributed by atoms with van der Waals surface area (Å²) >= 11 is 0. The highest BCUT2D eigenvalue weighted by Gasteiger charge is 2.10. The van der Waals surface area contributed by atoms with E-state index in [0.717, 1.165) is 22.2 Å². The number of carbonyl (C=O) groups is 1. The maximum Gasteiger partial charge on any atom is 0.272 e. The van der Waals surface area contributed by atoms with Gasteiger partial charge in [-0.1, -0.05) is 35.9 Å².